The Kier molecular flexibility index (Phi) is 10.3. The van der Waals surface area contributed by atoms with E-state index in [1.807, 2.05) is 0 Å². The molecule has 1 aliphatic heterocycles. The van der Waals surface area contributed by atoms with Crippen molar-refractivity contribution >= 4 is 6.29 Å². The highest BCUT2D eigenvalue weighted by Gasteiger charge is 2.34. The average Bonchev–Trinajstić information content (AvgIpc) is 2.73. The van der Waals surface area contributed by atoms with E-state index in [0.29, 0.717) is 0 Å². The normalized spacial score (nSPS) is 20.0. The average molecular weight is 443 g/mol. The fraction of sp³-hybridized carbons (Fsp3) is 0.767. The topological polar surface area (TPSA) is 26.3 Å². The molecule has 0 aromatic heterocycles. The van der Waals surface area contributed by atoms with Gasteiger partial charge in [0.25, 0.3) is 0 Å². The number of hydrogen-bond donors (Lipinski definition) is 0. The summed E-state index contributed by atoms with van der Waals surface area (Å²) in [6.07, 6.45) is 14.9. The summed E-state index contributed by atoms with van der Waals surface area (Å²) >= 11 is 0. The van der Waals surface area contributed by atoms with Gasteiger partial charge in [0, 0.05) is 11.1 Å². The van der Waals surface area contributed by atoms with Crippen molar-refractivity contribution in [3.8, 4) is 5.75 Å². The molecule has 32 heavy (non-hydrogen) atoms. The van der Waals surface area contributed by atoms with Crippen LogP contribution in [0.25, 0.3) is 0 Å². The molecule has 0 fully saturated rings. The van der Waals surface area contributed by atoms with Crippen molar-refractivity contribution in [3.05, 3.63) is 27.8 Å². The maximum atomic E-state index is 11.7. The van der Waals surface area contributed by atoms with Crippen LogP contribution in [-0.4, -0.2) is 11.9 Å². The first-order valence-corrected chi connectivity index (χ1v) is 13.3. The van der Waals surface area contributed by atoms with E-state index >= 15 is 0 Å². The molecule has 2 nitrogen and oxygen atoms in total. The predicted octanol–water partition coefficient (Wildman–Crippen LogP) is 8.95. The summed E-state index contributed by atoms with van der Waals surface area (Å²) in [5.41, 5.74) is 5.41. The fourth-order valence-corrected chi connectivity index (χ4v) is 5.44. The van der Waals surface area contributed by atoms with Gasteiger partial charge in [-0.15, -0.1) is 0 Å². The predicted molar refractivity (Wildman–Crippen MR) is 138 cm³/mol. The zero-order valence-corrected chi connectivity index (χ0v) is 22.4. The lowest BCUT2D eigenvalue weighted by atomic mass is 9.82. The number of rotatable bonds is 13. The fourth-order valence-electron chi connectivity index (χ4n) is 5.44. The maximum Gasteiger partial charge on any atom is 0.150 e. The van der Waals surface area contributed by atoms with E-state index in [0.717, 1.165) is 65.7 Å². The molecule has 0 saturated heterocycles. The molecule has 0 spiro atoms. The zero-order chi connectivity index (χ0) is 23.9. The van der Waals surface area contributed by atoms with E-state index in [4.69, 9.17) is 4.74 Å². The third kappa shape index (κ3) is 7.35. The zero-order valence-electron chi connectivity index (χ0n) is 22.4. The van der Waals surface area contributed by atoms with E-state index in [-0.39, 0.29) is 5.60 Å². The minimum atomic E-state index is -0.107. The minimum Gasteiger partial charge on any atom is -0.487 e. The highest BCUT2D eigenvalue weighted by atomic mass is 16.5. The maximum absolute atomic E-state index is 11.7. The molecule has 2 rings (SSSR count). The van der Waals surface area contributed by atoms with Gasteiger partial charge >= 0.3 is 0 Å². The number of carbonyl (C=O) groups is 1. The molecule has 2 heteroatoms. The van der Waals surface area contributed by atoms with Crippen LogP contribution in [0.5, 0.6) is 5.75 Å². The van der Waals surface area contributed by atoms with Crippen molar-refractivity contribution in [1.82, 2.24) is 0 Å². The summed E-state index contributed by atoms with van der Waals surface area (Å²) < 4.78 is 6.62. The Morgan fingerprint density at radius 2 is 1.41 bits per heavy atom. The first-order valence-electron chi connectivity index (χ1n) is 13.3. The minimum absolute atomic E-state index is 0.107. The first kappa shape index (κ1) is 26.9. The van der Waals surface area contributed by atoms with Gasteiger partial charge in [0.05, 0.1) is 0 Å². The number of aldehydes is 1. The lowest BCUT2D eigenvalue weighted by Crippen LogP contribution is -2.37. The number of carbonyl (C=O) groups excluding carboxylic acids is 1. The van der Waals surface area contributed by atoms with Crippen molar-refractivity contribution in [3.63, 3.8) is 0 Å². The van der Waals surface area contributed by atoms with E-state index in [2.05, 4.69) is 55.4 Å². The molecule has 1 aromatic rings. The van der Waals surface area contributed by atoms with Crippen molar-refractivity contribution in [2.45, 2.75) is 132 Å². The second-order valence-corrected chi connectivity index (χ2v) is 11.6. The highest BCUT2D eigenvalue weighted by molar-refractivity contribution is 5.83. The second kappa shape index (κ2) is 12.2. The molecule has 1 aliphatic rings. The van der Waals surface area contributed by atoms with E-state index < -0.39 is 0 Å². The van der Waals surface area contributed by atoms with Gasteiger partial charge in [0.1, 0.15) is 11.4 Å². The SMILES string of the molecule is Cc1c(C)c(C=O)c2c(c1C)O[C@](C)(CCC[C@H](C)CCC[C@H](C)CCCC(C)C)CC2. The van der Waals surface area contributed by atoms with Crippen LogP contribution in [0.4, 0.5) is 0 Å². The summed E-state index contributed by atoms with van der Waals surface area (Å²) in [6, 6.07) is 0. The summed E-state index contributed by atoms with van der Waals surface area (Å²) in [6.45, 7) is 18.1. The molecule has 3 atom stereocenters. The van der Waals surface area contributed by atoms with Gasteiger partial charge in [-0.2, -0.15) is 0 Å². The van der Waals surface area contributed by atoms with Crippen LogP contribution in [0, 0.1) is 38.5 Å². The molecule has 0 aliphatic carbocycles. The Labute approximate surface area is 198 Å². The molecule has 0 radical (unpaired) electrons. The van der Waals surface area contributed by atoms with Gasteiger partial charge in [0.2, 0.25) is 0 Å². The summed E-state index contributed by atoms with van der Waals surface area (Å²) in [7, 11) is 0. The second-order valence-electron chi connectivity index (χ2n) is 11.6. The van der Waals surface area contributed by atoms with Crippen LogP contribution in [0.3, 0.4) is 0 Å². The van der Waals surface area contributed by atoms with Crippen molar-refractivity contribution < 1.29 is 9.53 Å². The molecule has 0 bridgehead atoms. The Bertz CT molecular complexity index is 748. The van der Waals surface area contributed by atoms with Crippen LogP contribution in [0.2, 0.25) is 0 Å². The third-order valence-electron chi connectivity index (χ3n) is 8.11. The molecule has 0 saturated carbocycles. The van der Waals surface area contributed by atoms with Crippen molar-refractivity contribution in [2.75, 3.05) is 0 Å². The number of ether oxygens (including phenoxy) is 1. The largest absolute Gasteiger partial charge is 0.487 e. The van der Waals surface area contributed by atoms with Crippen LogP contribution >= 0.6 is 0 Å². The van der Waals surface area contributed by atoms with E-state index in [1.165, 1.54) is 62.5 Å². The summed E-state index contributed by atoms with van der Waals surface area (Å²) in [5, 5.41) is 0. The van der Waals surface area contributed by atoms with Crippen LogP contribution in [0.15, 0.2) is 0 Å². The van der Waals surface area contributed by atoms with E-state index in [1.54, 1.807) is 0 Å². The quantitative estimate of drug-likeness (QED) is 0.285. The Morgan fingerprint density at radius 1 is 0.844 bits per heavy atom. The lowest BCUT2D eigenvalue weighted by molar-refractivity contribution is 0.0511. The van der Waals surface area contributed by atoms with Crippen LogP contribution < -0.4 is 4.74 Å². The lowest BCUT2D eigenvalue weighted by Gasteiger charge is -2.38. The van der Waals surface area contributed by atoms with Crippen molar-refractivity contribution in [2.24, 2.45) is 17.8 Å². The van der Waals surface area contributed by atoms with Gasteiger partial charge in [-0.1, -0.05) is 72.6 Å². The molecule has 182 valence electrons. The third-order valence-corrected chi connectivity index (χ3v) is 8.11. The van der Waals surface area contributed by atoms with Gasteiger partial charge in [-0.05, 0) is 87.8 Å². The Morgan fingerprint density at radius 3 is 1.97 bits per heavy atom. The standard InChI is InChI=1S/C30H50O2/c1-21(2)12-9-13-22(3)14-10-15-23(4)16-11-18-30(8)19-17-27-28(20-31)25(6)24(5)26(7)29(27)32-30/h20-23H,9-19H2,1-8H3/t22-,23-,30-/m1/s1. The van der Waals surface area contributed by atoms with Crippen LogP contribution in [0.1, 0.15) is 131 Å². The summed E-state index contributed by atoms with van der Waals surface area (Å²) in [4.78, 5) is 11.7. The molecular weight excluding hydrogens is 392 g/mol. The smallest absolute Gasteiger partial charge is 0.150 e. The molecule has 0 unspecified atom stereocenters. The Hall–Kier alpha value is -1.31. The highest BCUT2D eigenvalue weighted by Crippen LogP contribution is 2.42. The molecule has 0 amide bonds. The number of fused-ring (bicyclic) bond motifs is 1. The van der Waals surface area contributed by atoms with Crippen molar-refractivity contribution in [1.29, 1.82) is 0 Å². The van der Waals surface area contributed by atoms with Gasteiger partial charge < -0.3 is 4.74 Å². The summed E-state index contributed by atoms with van der Waals surface area (Å²) in [5.74, 6) is 3.51. The monoisotopic (exact) mass is 442 g/mol. The number of hydrogen-bond acceptors (Lipinski definition) is 2. The molecule has 1 heterocycles. The molecular formula is C30H50O2. The van der Waals surface area contributed by atoms with Gasteiger partial charge in [0.15, 0.2) is 6.29 Å². The van der Waals surface area contributed by atoms with Crippen LogP contribution in [-0.2, 0) is 6.42 Å². The Balaban J connectivity index is 1.78. The van der Waals surface area contributed by atoms with Gasteiger partial charge in [-0.3, -0.25) is 4.79 Å². The first-order chi connectivity index (χ1) is 15.1. The van der Waals surface area contributed by atoms with E-state index in [9.17, 15) is 4.79 Å². The molecule has 0 N–H and O–H groups in total. The van der Waals surface area contributed by atoms with Gasteiger partial charge in [-0.25, -0.2) is 0 Å². The number of benzene rings is 1. The molecule has 1 aromatic carbocycles.